The molecule has 0 radical (unpaired) electrons. The van der Waals surface area contributed by atoms with Gasteiger partial charge in [-0.25, -0.2) is 9.97 Å². The minimum atomic E-state index is -4.77. The van der Waals surface area contributed by atoms with E-state index < -0.39 is 6.36 Å². The molecule has 0 amide bonds. The molecule has 3 rings (SSSR count). The van der Waals surface area contributed by atoms with Crippen LogP contribution in [0.4, 0.5) is 24.7 Å². The van der Waals surface area contributed by atoms with E-state index in [0.717, 1.165) is 0 Å². The summed E-state index contributed by atoms with van der Waals surface area (Å²) < 4.78 is 41.0. The van der Waals surface area contributed by atoms with E-state index in [-0.39, 0.29) is 15.4 Å². The highest BCUT2D eigenvalue weighted by Crippen LogP contribution is 2.33. The SMILES string of the molecule is FC(F)(F)Oc1ccc(Nc2cc(Cl)nc(-c3ccccn3)n2)cc1Br. The normalized spacial score (nSPS) is 11.3. The molecule has 1 N–H and O–H groups in total. The van der Waals surface area contributed by atoms with Gasteiger partial charge in [0.2, 0.25) is 0 Å². The van der Waals surface area contributed by atoms with Crippen LogP contribution in [0.15, 0.2) is 53.1 Å². The molecule has 10 heteroatoms. The standard InChI is InChI=1S/C16H9BrClF3N4O/c17-10-7-9(4-5-12(10)26-16(19,20)21)23-14-8-13(18)24-15(25-14)11-3-1-2-6-22-11/h1-8H,(H,23,24,25). The Kier molecular flexibility index (Phi) is 5.28. The van der Waals surface area contributed by atoms with E-state index in [2.05, 4.69) is 40.9 Å². The number of hydrogen-bond donors (Lipinski definition) is 1. The van der Waals surface area contributed by atoms with Gasteiger partial charge in [0, 0.05) is 18.0 Å². The van der Waals surface area contributed by atoms with Crippen molar-refractivity contribution in [2.24, 2.45) is 0 Å². The number of aromatic nitrogens is 3. The monoisotopic (exact) mass is 444 g/mol. The van der Waals surface area contributed by atoms with Gasteiger partial charge in [-0.15, -0.1) is 13.2 Å². The number of nitrogens with zero attached hydrogens (tertiary/aromatic N) is 3. The summed E-state index contributed by atoms with van der Waals surface area (Å²) in [6, 6.07) is 10.8. The average molecular weight is 446 g/mol. The van der Waals surface area contributed by atoms with Crippen molar-refractivity contribution in [2.45, 2.75) is 6.36 Å². The van der Waals surface area contributed by atoms with E-state index in [1.807, 2.05) is 0 Å². The van der Waals surface area contributed by atoms with Crippen LogP contribution in [0, 0.1) is 0 Å². The van der Waals surface area contributed by atoms with Crippen LogP contribution in [0.25, 0.3) is 11.5 Å². The first kappa shape index (κ1) is 18.4. The number of halogens is 5. The largest absolute Gasteiger partial charge is 0.573 e. The van der Waals surface area contributed by atoms with Crippen molar-refractivity contribution in [1.29, 1.82) is 0 Å². The molecule has 0 aliphatic heterocycles. The minimum Gasteiger partial charge on any atom is -0.405 e. The van der Waals surface area contributed by atoms with Crippen LogP contribution in [0.3, 0.4) is 0 Å². The molecule has 0 atom stereocenters. The van der Waals surface area contributed by atoms with Crippen LogP contribution in [0.1, 0.15) is 0 Å². The molecule has 1 aromatic carbocycles. The maximum Gasteiger partial charge on any atom is 0.573 e. The molecular formula is C16H9BrClF3N4O. The van der Waals surface area contributed by atoms with Gasteiger partial charge in [-0.1, -0.05) is 17.7 Å². The molecule has 0 saturated carbocycles. The maximum absolute atomic E-state index is 12.3. The van der Waals surface area contributed by atoms with Crippen molar-refractivity contribution in [1.82, 2.24) is 15.0 Å². The Labute approximate surface area is 159 Å². The maximum atomic E-state index is 12.3. The number of alkyl halides is 3. The average Bonchev–Trinajstić information content (AvgIpc) is 2.57. The summed E-state index contributed by atoms with van der Waals surface area (Å²) in [7, 11) is 0. The Morgan fingerprint density at radius 3 is 2.54 bits per heavy atom. The van der Waals surface area contributed by atoms with Crippen molar-refractivity contribution >= 4 is 39.0 Å². The third-order valence-electron chi connectivity index (χ3n) is 3.02. The number of nitrogens with one attached hydrogen (secondary N) is 1. The van der Waals surface area contributed by atoms with Gasteiger partial charge in [0.1, 0.15) is 22.4 Å². The lowest BCUT2D eigenvalue weighted by molar-refractivity contribution is -0.274. The number of pyridine rings is 1. The van der Waals surface area contributed by atoms with E-state index in [1.54, 1.807) is 24.4 Å². The van der Waals surface area contributed by atoms with Gasteiger partial charge >= 0.3 is 6.36 Å². The summed E-state index contributed by atoms with van der Waals surface area (Å²) in [6.45, 7) is 0. The predicted octanol–water partition coefficient (Wildman–Crippen LogP) is 5.60. The van der Waals surface area contributed by atoms with Gasteiger partial charge in [0.15, 0.2) is 5.82 Å². The summed E-state index contributed by atoms with van der Waals surface area (Å²) >= 11 is 9.07. The lowest BCUT2D eigenvalue weighted by atomic mass is 10.3. The van der Waals surface area contributed by atoms with Crippen molar-refractivity contribution < 1.29 is 17.9 Å². The van der Waals surface area contributed by atoms with E-state index in [4.69, 9.17) is 11.6 Å². The quantitative estimate of drug-likeness (QED) is 0.530. The summed E-state index contributed by atoms with van der Waals surface area (Å²) in [6.07, 6.45) is -3.17. The third kappa shape index (κ3) is 4.83. The number of rotatable bonds is 4. The van der Waals surface area contributed by atoms with Crippen molar-refractivity contribution in [3.05, 3.63) is 58.3 Å². The lowest BCUT2D eigenvalue weighted by Crippen LogP contribution is -2.17. The fraction of sp³-hybridized carbons (Fsp3) is 0.0625. The van der Waals surface area contributed by atoms with Crippen LogP contribution in [0.2, 0.25) is 5.15 Å². The fourth-order valence-corrected chi connectivity index (χ4v) is 2.67. The number of ether oxygens (including phenoxy) is 1. The van der Waals surface area contributed by atoms with Gasteiger partial charge in [-0.05, 0) is 46.3 Å². The first-order valence-corrected chi connectivity index (χ1v) is 8.25. The smallest absolute Gasteiger partial charge is 0.405 e. The molecule has 0 aliphatic rings. The molecule has 0 fully saturated rings. The molecule has 0 aliphatic carbocycles. The Hall–Kier alpha value is -2.39. The van der Waals surface area contributed by atoms with E-state index >= 15 is 0 Å². The van der Waals surface area contributed by atoms with Crippen LogP contribution < -0.4 is 10.1 Å². The topological polar surface area (TPSA) is 59.9 Å². The van der Waals surface area contributed by atoms with Gasteiger partial charge in [0.05, 0.1) is 4.47 Å². The van der Waals surface area contributed by atoms with E-state index in [9.17, 15) is 13.2 Å². The first-order chi connectivity index (χ1) is 12.3. The molecule has 134 valence electrons. The van der Waals surface area contributed by atoms with Crippen molar-refractivity contribution in [3.63, 3.8) is 0 Å². The number of hydrogen-bond acceptors (Lipinski definition) is 5. The van der Waals surface area contributed by atoms with Crippen LogP contribution >= 0.6 is 27.5 Å². The number of anilines is 2. The highest BCUT2D eigenvalue weighted by atomic mass is 79.9. The van der Waals surface area contributed by atoms with Crippen molar-refractivity contribution in [3.8, 4) is 17.3 Å². The van der Waals surface area contributed by atoms with Gasteiger partial charge in [-0.3, -0.25) is 4.98 Å². The molecule has 0 bridgehead atoms. The Morgan fingerprint density at radius 2 is 1.88 bits per heavy atom. The Balaban J connectivity index is 1.85. The molecule has 0 saturated heterocycles. The van der Waals surface area contributed by atoms with Crippen LogP contribution in [0.5, 0.6) is 5.75 Å². The minimum absolute atomic E-state index is 0.130. The second-order valence-corrected chi connectivity index (χ2v) is 6.17. The summed E-state index contributed by atoms with van der Waals surface area (Å²) in [4.78, 5) is 12.6. The summed E-state index contributed by atoms with van der Waals surface area (Å²) in [5.41, 5.74) is 1.02. The van der Waals surface area contributed by atoms with E-state index in [1.165, 1.54) is 24.3 Å². The molecule has 2 heterocycles. The third-order valence-corrected chi connectivity index (χ3v) is 3.83. The highest BCUT2D eigenvalue weighted by Gasteiger charge is 2.31. The number of benzene rings is 1. The van der Waals surface area contributed by atoms with Gasteiger partial charge in [-0.2, -0.15) is 0 Å². The molecular weight excluding hydrogens is 437 g/mol. The van der Waals surface area contributed by atoms with Gasteiger partial charge in [0.25, 0.3) is 0 Å². The zero-order chi connectivity index (χ0) is 18.7. The second-order valence-electron chi connectivity index (χ2n) is 4.93. The fourth-order valence-electron chi connectivity index (χ4n) is 2.03. The molecule has 3 aromatic rings. The molecule has 26 heavy (non-hydrogen) atoms. The summed E-state index contributed by atoms with van der Waals surface area (Å²) in [5.74, 6) is 0.330. The lowest BCUT2D eigenvalue weighted by Gasteiger charge is -2.12. The van der Waals surface area contributed by atoms with Crippen LogP contribution in [-0.2, 0) is 0 Å². The van der Waals surface area contributed by atoms with Crippen molar-refractivity contribution in [2.75, 3.05) is 5.32 Å². The molecule has 5 nitrogen and oxygen atoms in total. The molecule has 2 aromatic heterocycles. The molecule has 0 unspecified atom stereocenters. The van der Waals surface area contributed by atoms with Crippen LogP contribution in [-0.4, -0.2) is 21.3 Å². The zero-order valence-electron chi connectivity index (χ0n) is 12.8. The first-order valence-electron chi connectivity index (χ1n) is 7.08. The predicted molar refractivity (Wildman–Crippen MR) is 94.4 cm³/mol. The second kappa shape index (κ2) is 7.46. The molecule has 0 spiro atoms. The summed E-state index contributed by atoms with van der Waals surface area (Å²) in [5, 5.41) is 3.15. The van der Waals surface area contributed by atoms with Gasteiger partial charge < -0.3 is 10.1 Å². The zero-order valence-corrected chi connectivity index (χ0v) is 15.1. The Morgan fingerprint density at radius 1 is 1.08 bits per heavy atom. The Bertz CT molecular complexity index is 925. The highest BCUT2D eigenvalue weighted by molar-refractivity contribution is 9.10. The van der Waals surface area contributed by atoms with E-state index in [0.29, 0.717) is 23.0 Å².